The second-order valence-electron chi connectivity index (χ2n) is 3.89. The van der Waals surface area contributed by atoms with Crippen molar-refractivity contribution in [3.63, 3.8) is 0 Å². The molecular formula is C12H9Br2FN2O2S. The molecule has 0 bridgehead atoms. The van der Waals surface area contributed by atoms with Gasteiger partial charge in [0.15, 0.2) is 0 Å². The molecule has 0 unspecified atom stereocenters. The first-order valence-corrected chi connectivity index (χ1v) is 8.40. The average Bonchev–Trinajstić information content (AvgIpc) is 2.36. The molecule has 2 rings (SSSR count). The minimum Gasteiger partial charge on any atom is -0.398 e. The number of halogens is 3. The van der Waals surface area contributed by atoms with Gasteiger partial charge in [-0.2, -0.15) is 0 Å². The Morgan fingerprint density at radius 2 is 1.75 bits per heavy atom. The summed E-state index contributed by atoms with van der Waals surface area (Å²) in [5.41, 5.74) is 5.78. The zero-order chi connectivity index (χ0) is 14.9. The van der Waals surface area contributed by atoms with Gasteiger partial charge in [0.05, 0.1) is 15.8 Å². The van der Waals surface area contributed by atoms with E-state index in [0.717, 1.165) is 12.1 Å². The largest absolute Gasteiger partial charge is 0.398 e. The minimum absolute atomic E-state index is 0.0270. The van der Waals surface area contributed by atoms with Crippen LogP contribution in [-0.2, 0) is 10.0 Å². The van der Waals surface area contributed by atoms with Gasteiger partial charge in [-0.3, -0.25) is 4.72 Å². The normalized spacial score (nSPS) is 11.3. The van der Waals surface area contributed by atoms with E-state index in [1.165, 1.54) is 0 Å². The van der Waals surface area contributed by atoms with E-state index < -0.39 is 15.8 Å². The van der Waals surface area contributed by atoms with Crippen molar-refractivity contribution in [2.24, 2.45) is 0 Å². The summed E-state index contributed by atoms with van der Waals surface area (Å²) in [5, 5.41) is 0. The second kappa shape index (κ2) is 5.71. The summed E-state index contributed by atoms with van der Waals surface area (Å²) in [7, 11) is -3.91. The van der Waals surface area contributed by atoms with Crippen LogP contribution in [0.3, 0.4) is 0 Å². The molecule has 0 aromatic heterocycles. The zero-order valence-corrected chi connectivity index (χ0v) is 13.9. The smallest absolute Gasteiger partial charge is 0.264 e. The van der Waals surface area contributed by atoms with Crippen LogP contribution < -0.4 is 10.5 Å². The monoisotopic (exact) mass is 422 g/mol. The summed E-state index contributed by atoms with van der Waals surface area (Å²) in [5.74, 6) is -0.623. The van der Waals surface area contributed by atoms with Gasteiger partial charge in [0.1, 0.15) is 10.7 Å². The highest BCUT2D eigenvalue weighted by Crippen LogP contribution is 2.29. The van der Waals surface area contributed by atoms with Gasteiger partial charge >= 0.3 is 0 Å². The number of hydrogen-bond donors (Lipinski definition) is 2. The first kappa shape index (κ1) is 15.3. The molecule has 2 aromatic carbocycles. The molecule has 20 heavy (non-hydrogen) atoms. The van der Waals surface area contributed by atoms with E-state index in [4.69, 9.17) is 5.73 Å². The molecule has 0 heterocycles. The quantitative estimate of drug-likeness (QED) is 0.738. The van der Waals surface area contributed by atoms with Gasteiger partial charge in [-0.05, 0) is 56.1 Å². The standard InChI is InChI=1S/C12H9Br2FN2O2S/c13-7-3-1-2-4-11(7)17-20(18,19)12-5-8(14)9(15)6-10(12)16/h1-6,17H,16H2. The molecule has 4 nitrogen and oxygen atoms in total. The zero-order valence-electron chi connectivity index (χ0n) is 9.90. The van der Waals surface area contributed by atoms with Crippen LogP contribution in [0, 0.1) is 5.82 Å². The number of rotatable bonds is 3. The molecule has 0 radical (unpaired) electrons. The van der Waals surface area contributed by atoms with E-state index >= 15 is 0 Å². The Morgan fingerprint density at radius 1 is 1.10 bits per heavy atom. The van der Waals surface area contributed by atoms with E-state index in [-0.39, 0.29) is 15.1 Å². The number of nitrogens with one attached hydrogen (secondary N) is 1. The molecule has 0 saturated heterocycles. The summed E-state index contributed by atoms with van der Waals surface area (Å²) < 4.78 is 40.9. The van der Waals surface area contributed by atoms with Crippen molar-refractivity contribution in [2.75, 3.05) is 10.5 Å². The Kier molecular flexibility index (Phi) is 4.36. The molecule has 0 amide bonds. The maximum Gasteiger partial charge on any atom is 0.264 e. The van der Waals surface area contributed by atoms with Crippen molar-refractivity contribution in [1.82, 2.24) is 0 Å². The number of anilines is 2. The number of hydrogen-bond acceptors (Lipinski definition) is 3. The summed E-state index contributed by atoms with van der Waals surface area (Å²) in [6.07, 6.45) is 0. The molecule has 0 atom stereocenters. The molecular weight excluding hydrogens is 415 g/mol. The number of nitrogens with two attached hydrogens (primary N) is 1. The third-order valence-electron chi connectivity index (χ3n) is 2.46. The van der Waals surface area contributed by atoms with Crippen molar-refractivity contribution in [3.8, 4) is 0 Å². The molecule has 0 fully saturated rings. The third-order valence-corrected chi connectivity index (χ3v) is 5.18. The minimum atomic E-state index is -3.91. The highest BCUT2D eigenvalue weighted by molar-refractivity contribution is 9.10. The molecule has 0 aliphatic carbocycles. The van der Waals surface area contributed by atoms with Crippen molar-refractivity contribution in [3.05, 3.63) is 51.2 Å². The van der Waals surface area contributed by atoms with Crippen LogP contribution in [0.25, 0.3) is 0 Å². The van der Waals surface area contributed by atoms with Gasteiger partial charge in [-0.25, -0.2) is 12.8 Å². The van der Waals surface area contributed by atoms with E-state index in [0.29, 0.717) is 10.2 Å². The Morgan fingerprint density at radius 3 is 2.40 bits per heavy atom. The first-order chi connectivity index (χ1) is 9.31. The maximum atomic E-state index is 13.3. The SMILES string of the molecule is Nc1cc(F)c(Br)cc1S(=O)(=O)Nc1ccccc1Br. The topological polar surface area (TPSA) is 72.2 Å². The predicted molar refractivity (Wildman–Crippen MR) is 83.5 cm³/mol. The maximum absolute atomic E-state index is 13.3. The predicted octanol–water partition coefficient (Wildman–Crippen LogP) is 3.73. The Balaban J connectivity index is 2.47. The van der Waals surface area contributed by atoms with Crippen molar-refractivity contribution >= 4 is 53.3 Å². The molecule has 3 N–H and O–H groups in total. The number of sulfonamides is 1. The van der Waals surface area contributed by atoms with Crippen LogP contribution in [0.15, 0.2) is 50.2 Å². The number of benzene rings is 2. The lowest BCUT2D eigenvalue weighted by Gasteiger charge is -2.12. The van der Waals surface area contributed by atoms with E-state index in [2.05, 4.69) is 36.6 Å². The highest BCUT2D eigenvalue weighted by Gasteiger charge is 2.20. The summed E-state index contributed by atoms with van der Waals surface area (Å²) in [6.45, 7) is 0. The van der Waals surface area contributed by atoms with Crippen LogP contribution in [-0.4, -0.2) is 8.42 Å². The fourth-order valence-electron chi connectivity index (χ4n) is 1.52. The lowest BCUT2D eigenvalue weighted by molar-refractivity contribution is 0.599. The van der Waals surface area contributed by atoms with Gasteiger partial charge in [-0.15, -0.1) is 0 Å². The van der Waals surface area contributed by atoms with Gasteiger partial charge < -0.3 is 5.73 Å². The van der Waals surface area contributed by atoms with E-state index in [1.807, 2.05) is 0 Å². The van der Waals surface area contributed by atoms with Crippen LogP contribution in [0.1, 0.15) is 0 Å². The number of para-hydroxylation sites is 1. The fourth-order valence-corrected chi connectivity index (χ4v) is 3.75. The number of nitrogen functional groups attached to an aromatic ring is 1. The van der Waals surface area contributed by atoms with E-state index in [1.54, 1.807) is 24.3 Å². The molecule has 0 aliphatic heterocycles. The molecule has 106 valence electrons. The Bertz CT molecular complexity index is 766. The van der Waals surface area contributed by atoms with Crippen molar-refractivity contribution < 1.29 is 12.8 Å². The molecule has 0 saturated carbocycles. The fraction of sp³-hybridized carbons (Fsp3) is 0. The van der Waals surface area contributed by atoms with Gasteiger partial charge in [0.25, 0.3) is 10.0 Å². The molecule has 0 spiro atoms. The van der Waals surface area contributed by atoms with Crippen LogP contribution in [0.4, 0.5) is 15.8 Å². The van der Waals surface area contributed by atoms with Crippen LogP contribution in [0.5, 0.6) is 0 Å². The van der Waals surface area contributed by atoms with Crippen LogP contribution in [0.2, 0.25) is 0 Å². The lowest BCUT2D eigenvalue weighted by Crippen LogP contribution is -2.15. The third kappa shape index (κ3) is 3.13. The van der Waals surface area contributed by atoms with Gasteiger partial charge in [0, 0.05) is 4.47 Å². The lowest BCUT2D eigenvalue weighted by atomic mass is 10.3. The van der Waals surface area contributed by atoms with Crippen molar-refractivity contribution in [1.29, 1.82) is 0 Å². The van der Waals surface area contributed by atoms with Gasteiger partial charge in [0.2, 0.25) is 0 Å². The summed E-state index contributed by atoms with van der Waals surface area (Å²) in [6, 6.07) is 8.82. The van der Waals surface area contributed by atoms with Gasteiger partial charge in [-0.1, -0.05) is 12.1 Å². The molecule has 2 aromatic rings. The second-order valence-corrected chi connectivity index (χ2v) is 7.25. The summed E-state index contributed by atoms with van der Waals surface area (Å²) >= 11 is 6.18. The van der Waals surface area contributed by atoms with E-state index in [9.17, 15) is 12.8 Å². The highest BCUT2D eigenvalue weighted by atomic mass is 79.9. The average molecular weight is 424 g/mol. The Labute approximate surface area is 132 Å². The first-order valence-electron chi connectivity index (χ1n) is 5.33. The Hall–Kier alpha value is -1.12. The molecule has 0 aliphatic rings. The van der Waals surface area contributed by atoms with Crippen molar-refractivity contribution in [2.45, 2.75) is 4.90 Å². The summed E-state index contributed by atoms with van der Waals surface area (Å²) in [4.78, 5) is -0.193. The molecule has 8 heteroatoms. The van der Waals surface area contributed by atoms with Crippen LogP contribution >= 0.6 is 31.9 Å².